The lowest BCUT2D eigenvalue weighted by Gasteiger charge is -2.22. The molecular formula is C16H20N2O3. The van der Waals surface area contributed by atoms with Gasteiger partial charge in [0.2, 0.25) is 0 Å². The van der Waals surface area contributed by atoms with E-state index in [4.69, 9.17) is 9.47 Å². The van der Waals surface area contributed by atoms with Gasteiger partial charge >= 0.3 is 0 Å². The van der Waals surface area contributed by atoms with E-state index in [9.17, 15) is 4.79 Å². The number of hydrogen-bond acceptors (Lipinski definition) is 4. The van der Waals surface area contributed by atoms with Gasteiger partial charge < -0.3 is 9.47 Å². The lowest BCUT2D eigenvalue weighted by Crippen LogP contribution is -2.24. The van der Waals surface area contributed by atoms with Crippen LogP contribution in [0.5, 0.6) is 5.75 Å². The Labute approximate surface area is 123 Å². The van der Waals surface area contributed by atoms with Crippen LogP contribution in [0.2, 0.25) is 0 Å². The van der Waals surface area contributed by atoms with Gasteiger partial charge in [-0.1, -0.05) is 6.07 Å². The third-order valence-electron chi connectivity index (χ3n) is 4.07. The maximum Gasteiger partial charge on any atom is 0.261 e. The van der Waals surface area contributed by atoms with Gasteiger partial charge in [-0.25, -0.2) is 4.98 Å². The van der Waals surface area contributed by atoms with Crippen molar-refractivity contribution in [1.82, 2.24) is 9.55 Å². The molecule has 1 fully saturated rings. The summed E-state index contributed by atoms with van der Waals surface area (Å²) in [5.74, 6) is 1.18. The van der Waals surface area contributed by atoms with Crippen LogP contribution in [-0.4, -0.2) is 29.9 Å². The van der Waals surface area contributed by atoms with E-state index in [2.05, 4.69) is 4.98 Å². The Bertz CT molecular complexity index is 675. The topological polar surface area (TPSA) is 53.4 Å². The van der Waals surface area contributed by atoms with E-state index in [1.54, 1.807) is 24.1 Å². The summed E-state index contributed by atoms with van der Waals surface area (Å²) in [7, 11) is 1.59. The molecule has 5 heteroatoms. The van der Waals surface area contributed by atoms with E-state index >= 15 is 0 Å². The molecule has 1 saturated heterocycles. The van der Waals surface area contributed by atoms with Crippen LogP contribution in [0.15, 0.2) is 29.3 Å². The number of hydrogen-bond donors (Lipinski definition) is 0. The zero-order valence-corrected chi connectivity index (χ0v) is 12.2. The van der Waals surface area contributed by atoms with Gasteiger partial charge in [0.05, 0.1) is 18.8 Å². The van der Waals surface area contributed by atoms with E-state index in [1.165, 1.54) is 6.42 Å². The van der Waals surface area contributed by atoms with Crippen molar-refractivity contribution in [3.8, 4) is 5.75 Å². The van der Waals surface area contributed by atoms with E-state index in [0.717, 1.165) is 26.1 Å². The molecule has 5 nitrogen and oxygen atoms in total. The fraction of sp³-hybridized carbons (Fsp3) is 0.500. The first-order valence-corrected chi connectivity index (χ1v) is 7.39. The minimum Gasteiger partial charge on any atom is -0.494 e. The zero-order chi connectivity index (χ0) is 14.7. The second-order valence-electron chi connectivity index (χ2n) is 5.47. The van der Waals surface area contributed by atoms with Gasteiger partial charge in [-0.05, 0) is 37.3 Å². The smallest absolute Gasteiger partial charge is 0.261 e. The fourth-order valence-corrected chi connectivity index (χ4v) is 2.84. The predicted molar refractivity (Wildman–Crippen MR) is 80.7 cm³/mol. The quantitative estimate of drug-likeness (QED) is 0.865. The van der Waals surface area contributed by atoms with Gasteiger partial charge in [0.15, 0.2) is 0 Å². The first kappa shape index (κ1) is 14.1. The summed E-state index contributed by atoms with van der Waals surface area (Å²) < 4.78 is 12.4. The average molecular weight is 288 g/mol. The summed E-state index contributed by atoms with van der Waals surface area (Å²) in [6.45, 7) is 2.37. The van der Waals surface area contributed by atoms with Gasteiger partial charge in [0, 0.05) is 19.8 Å². The number of fused-ring (bicyclic) bond motifs is 1. The van der Waals surface area contributed by atoms with Gasteiger partial charge in [0.1, 0.15) is 11.3 Å². The van der Waals surface area contributed by atoms with Crippen LogP contribution in [0.4, 0.5) is 0 Å². The van der Waals surface area contributed by atoms with Crippen molar-refractivity contribution >= 4 is 10.9 Å². The van der Waals surface area contributed by atoms with E-state index in [1.807, 2.05) is 12.1 Å². The average Bonchev–Trinajstić information content (AvgIpc) is 2.55. The van der Waals surface area contributed by atoms with Crippen LogP contribution >= 0.6 is 0 Å². The molecule has 0 N–H and O–H groups in total. The molecule has 0 aliphatic carbocycles. The number of benzene rings is 1. The first-order chi connectivity index (χ1) is 10.3. The number of rotatable bonds is 4. The number of aryl methyl sites for hydroxylation is 1. The number of nitrogens with zero attached hydrogens (tertiary/aromatic N) is 2. The maximum absolute atomic E-state index is 12.5. The highest BCUT2D eigenvalue weighted by Gasteiger charge is 2.15. The first-order valence-electron chi connectivity index (χ1n) is 7.39. The molecule has 0 bridgehead atoms. The maximum atomic E-state index is 12.5. The second-order valence-corrected chi connectivity index (χ2v) is 5.47. The molecule has 1 aliphatic rings. The van der Waals surface area contributed by atoms with Crippen molar-refractivity contribution in [3.05, 3.63) is 34.9 Å². The van der Waals surface area contributed by atoms with E-state index in [0.29, 0.717) is 29.1 Å². The van der Waals surface area contributed by atoms with Crippen LogP contribution in [-0.2, 0) is 11.3 Å². The minimum absolute atomic E-state index is 0.00405. The van der Waals surface area contributed by atoms with Gasteiger partial charge in [-0.2, -0.15) is 0 Å². The number of para-hydroxylation sites is 1. The Balaban J connectivity index is 1.83. The highest BCUT2D eigenvalue weighted by Crippen LogP contribution is 2.21. The number of methoxy groups -OCH3 is 1. The van der Waals surface area contributed by atoms with Gasteiger partial charge in [-0.3, -0.25) is 9.36 Å². The molecule has 112 valence electrons. The zero-order valence-electron chi connectivity index (χ0n) is 12.2. The lowest BCUT2D eigenvalue weighted by molar-refractivity contribution is 0.0499. The monoisotopic (exact) mass is 288 g/mol. The molecule has 2 aromatic rings. The van der Waals surface area contributed by atoms with E-state index in [-0.39, 0.29) is 5.56 Å². The lowest BCUT2D eigenvalue weighted by atomic mass is 9.99. The molecule has 0 radical (unpaired) electrons. The van der Waals surface area contributed by atoms with Crippen LogP contribution in [0.25, 0.3) is 10.9 Å². The highest BCUT2D eigenvalue weighted by molar-refractivity contribution is 5.83. The van der Waals surface area contributed by atoms with Crippen molar-refractivity contribution in [2.45, 2.75) is 25.8 Å². The highest BCUT2D eigenvalue weighted by atomic mass is 16.5. The van der Waals surface area contributed by atoms with Gasteiger partial charge in [-0.15, -0.1) is 0 Å². The summed E-state index contributed by atoms with van der Waals surface area (Å²) in [6, 6.07) is 5.44. The summed E-state index contributed by atoms with van der Waals surface area (Å²) in [6.07, 6.45) is 4.88. The molecule has 0 unspecified atom stereocenters. The Kier molecular flexibility index (Phi) is 4.20. The molecule has 3 rings (SSSR count). The number of ether oxygens (including phenoxy) is 2. The summed E-state index contributed by atoms with van der Waals surface area (Å²) in [5.41, 5.74) is 0.623. The van der Waals surface area contributed by atoms with Crippen LogP contribution in [0, 0.1) is 5.92 Å². The molecule has 0 amide bonds. The summed E-state index contributed by atoms with van der Waals surface area (Å²) in [4.78, 5) is 16.9. The molecule has 0 spiro atoms. The molecule has 1 aliphatic heterocycles. The Morgan fingerprint density at radius 2 is 2.38 bits per heavy atom. The Morgan fingerprint density at radius 3 is 3.14 bits per heavy atom. The standard InChI is InChI=1S/C16H20N2O3/c1-20-14-6-2-5-13-15(14)17-11-18(16(13)19)8-7-12-4-3-9-21-10-12/h2,5-6,11-12H,3-4,7-10H2,1H3/t12-/m0/s1. The molecular weight excluding hydrogens is 268 g/mol. The van der Waals surface area contributed by atoms with Crippen molar-refractivity contribution in [3.63, 3.8) is 0 Å². The number of aromatic nitrogens is 2. The van der Waals surface area contributed by atoms with Crippen molar-refractivity contribution in [1.29, 1.82) is 0 Å². The van der Waals surface area contributed by atoms with Crippen LogP contribution in [0.1, 0.15) is 19.3 Å². The van der Waals surface area contributed by atoms with Gasteiger partial charge in [0.25, 0.3) is 5.56 Å². The van der Waals surface area contributed by atoms with Crippen LogP contribution < -0.4 is 10.3 Å². The van der Waals surface area contributed by atoms with Crippen LogP contribution in [0.3, 0.4) is 0 Å². The molecule has 1 aromatic carbocycles. The molecule has 2 heterocycles. The summed E-state index contributed by atoms with van der Waals surface area (Å²) in [5, 5.41) is 0.608. The molecule has 21 heavy (non-hydrogen) atoms. The molecule has 1 aromatic heterocycles. The SMILES string of the molecule is COc1cccc2c(=O)n(CC[C@@H]3CCCOC3)cnc12. The Morgan fingerprint density at radius 1 is 1.48 bits per heavy atom. The summed E-state index contributed by atoms with van der Waals surface area (Å²) >= 11 is 0. The molecule has 1 atom stereocenters. The van der Waals surface area contributed by atoms with Crippen molar-refractivity contribution < 1.29 is 9.47 Å². The van der Waals surface area contributed by atoms with Crippen molar-refractivity contribution in [2.75, 3.05) is 20.3 Å². The normalized spacial score (nSPS) is 18.8. The third kappa shape index (κ3) is 2.93. The largest absolute Gasteiger partial charge is 0.494 e. The predicted octanol–water partition coefficient (Wildman–Crippen LogP) is 2.22. The van der Waals surface area contributed by atoms with E-state index < -0.39 is 0 Å². The fourth-order valence-electron chi connectivity index (χ4n) is 2.84. The molecule has 0 saturated carbocycles. The second kappa shape index (κ2) is 6.26. The Hall–Kier alpha value is -1.88. The third-order valence-corrected chi connectivity index (χ3v) is 4.07. The minimum atomic E-state index is -0.00405. The van der Waals surface area contributed by atoms with Crippen molar-refractivity contribution in [2.24, 2.45) is 5.92 Å².